The molecule has 1 saturated carbocycles. The number of hydrogen-bond acceptors (Lipinski definition) is 5. The van der Waals surface area contributed by atoms with Crippen molar-refractivity contribution in [2.45, 2.75) is 44.2 Å². The van der Waals surface area contributed by atoms with Gasteiger partial charge in [0.25, 0.3) is 0 Å². The number of hydrogen-bond donors (Lipinski definition) is 1. The highest BCUT2D eigenvalue weighted by molar-refractivity contribution is 7.99. The molecule has 1 saturated heterocycles. The number of thiophene rings is 1. The van der Waals surface area contributed by atoms with E-state index in [2.05, 4.69) is 49.5 Å². The number of tetrazole rings is 1. The molecule has 0 aromatic carbocycles. The van der Waals surface area contributed by atoms with E-state index in [1.807, 2.05) is 11.3 Å². The summed E-state index contributed by atoms with van der Waals surface area (Å²) in [6, 6.07) is 5.20. The summed E-state index contributed by atoms with van der Waals surface area (Å²) in [6.45, 7) is 2.40. The molecule has 23 heavy (non-hydrogen) atoms. The number of quaternary nitrogens is 1. The second-order valence-electron chi connectivity index (χ2n) is 6.49. The fraction of sp³-hybridized carbons (Fsp3) is 0.688. The van der Waals surface area contributed by atoms with Crippen molar-refractivity contribution in [2.75, 3.05) is 24.6 Å². The van der Waals surface area contributed by atoms with Crippen LogP contribution < -0.4 is 4.90 Å². The molecule has 1 aliphatic heterocycles. The maximum atomic E-state index is 4.50. The van der Waals surface area contributed by atoms with Crippen molar-refractivity contribution in [3.8, 4) is 0 Å². The normalized spacial score (nSPS) is 22.3. The molecule has 0 unspecified atom stereocenters. The highest BCUT2D eigenvalue weighted by Crippen LogP contribution is 2.31. The molecule has 124 valence electrons. The number of rotatable bonds is 4. The Bertz CT molecular complexity index is 600. The summed E-state index contributed by atoms with van der Waals surface area (Å²) in [5.41, 5.74) is 0. The van der Waals surface area contributed by atoms with E-state index >= 15 is 0 Å². The Morgan fingerprint density at radius 1 is 1.17 bits per heavy atom. The van der Waals surface area contributed by atoms with E-state index < -0.39 is 0 Å². The lowest BCUT2D eigenvalue weighted by Gasteiger charge is -2.31. The molecule has 2 aromatic rings. The fourth-order valence-corrected chi connectivity index (χ4v) is 5.76. The Balaban J connectivity index is 1.67. The van der Waals surface area contributed by atoms with Crippen molar-refractivity contribution >= 4 is 23.1 Å². The van der Waals surface area contributed by atoms with Crippen LogP contribution in [-0.4, -0.2) is 44.8 Å². The molecule has 5 nitrogen and oxygen atoms in total. The van der Waals surface area contributed by atoms with E-state index in [-0.39, 0.29) is 0 Å². The zero-order valence-electron chi connectivity index (χ0n) is 13.4. The molecule has 2 aliphatic rings. The minimum atomic E-state index is 0.299. The lowest BCUT2D eigenvalue weighted by Crippen LogP contribution is -3.14. The van der Waals surface area contributed by atoms with Crippen LogP contribution in [0.3, 0.4) is 0 Å². The molecule has 1 aliphatic carbocycles. The molecular weight excluding hydrogens is 326 g/mol. The van der Waals surface area contributed by atoms with Crippen LogP contribution in [0.4, 0.5) is 0 Å². The first-order chi connectivity index (χ1) is 11.4. The largest absolute Gasteiger partial charge is 0.320 e. The molecule has 0 bridgehead atoms. The standard InChI is InChI=1S/C16H23N5S2/c1-2-5-13(6-3-1)21-16(17-18-19-21)15(14-7-4-10-23-14)20-8-11-22-12-9-20/h4,7,10,13,15H,1-3,5-6,8-9,11-12H2/p+1/t15-/m0/s1. The maximum Gasteiger partial charge on any atom is 0.215 e. The quantitative estimate of drug-likeness (QED) is 0.916. The van der Waals surface area contributed by atoms with Gasteiger partial charge in [0.1, 0.15) is 0 Å². The van der Waals surface area contributed by atoms with Crippen molar-refractivity contribution < 1.29 is 4.90 Å². The van der Waals surface area contributed by atoms with E-state index in [9.17, 15) is 0 Å². The summed E-state index contributed by atoms with van der Waals surface area (Å²) in [5.74, 6) is 3.56. The first-order valence-electron chi connectivity index (χ1n) is 8.67. The van der Waals surface area contributed by atoms with Crippen molar-refractivity contribution in [1.29, 1.82) is 0 Å². The molecule has 3 heterocycles. The van der Waals surface area contributed by atoms with Gasteiger partial charge in [0.15, 0.2) is 6.04 Å². The first kappa shape index (κ1) is 15.6. The Hall–Kier alpha value is -0.920. The monoisotopic (exact) mass is 350 g/mol. The Labute approximate surface area is 145 Å². The summed E-state index contributed by atoms with van der Waals surface area (Å²) < 4.78 is 2.16. The average molecular weight is 351 g/mol. The smallest absolute Gasteiger partial charge is 0.215 e. The van der Waals surface area contributed by atoms with Gasteiger partial charge < -0.3 is 4.90 Å². The van der Waals surface area contributed by atoms with Crippen LogP contribution in [0.1, 0.15) is 54.9 Å². The van der Waals surface area contributed by atoms with Gasteiger partial charge in [-0.15, -0.1) is 16.4 Å². The van der Waals surface area contributed by atoms with Gasteiger partial charge in [0, 0.05) is 11.5 Å². The molecule has 0 radical (unpaired) electrons. The predicted molar refractivity (Wildman–Crippen MR) is 94.1 cm³/mol. The number of thioether (sulfide) groups is 1. The van der Waals surface area contributed by atoms with E-state index in [1.165, 1.54) is 61.6 Å². The van der Waals surface area contributed by atoms with E-state index in [1.54, 1.807) is 4.90 Å². The van der Waals surface area contributed by atoms with Crippen LogP contribution >= 0.6 is 23.1 Å². The van der Waals surface area contributed by atoms with Gasteiger partial charge in [0.05, 0.1) is 24.0 Å². The summed E-state index contributed by atoms with van der Waals surface area (Å²) in [4.78, 5) is 3.02. The van der Waals surface area contributed by atoms with Crippen molar-refractivity contribution in [1.82, 2.24) is 20.2 Å². The Morgan fingerprint density at radius 2 is 2.00 bits per heavy atom. The molecule has 1 atom stereocenters. The zero-order chi connectivity index (χ0) is 15.5. The maximum absolute atomic E-state index is 4.50. The fourth-order valence-electron chi connectivity index (χ4n) is 3.87. The van der Waals surface area contributed by atoms with Crippen LogP contribution in [0.5, 0.6) is 0 Å². The van der Waals surface area contributed by atoms with Gasteiger partial charge in [-0.2, -0.15) is 11.8 Å². The Kier molecular flexibility index (Phi) is 4.96. The molecule has 0 amide bonds. The molecule has 1 N–H and O–H groups in total. The SMILES string of the molecule is c1csc([C@@H](c2nnnn2C2CCCCC2)[NH+]2CCSCC2)c1. The third-order valence-corrected chi connectivity index (χ3v) is 6.99. The minimum Gasteiger partial charge on any atom is -0.320 e. The minimum absolute atomic E-state index is 0.299. The summed E-state index contributed by atoms with van der Waals surface area (Å²) >= 11 is 3.91. The molecule has 0 spiro atoms. The lowest BCUT2D eigenvalue weighted by atomic mass is 9.95. The second kappa shape index (κ2) is 7.32. The molecular formula is C16H24N5S2+. The summed E-state index contributed by atoms with van der Waals surface area (Å²) in [6.07, 6.45) is 6.42. The van der Waals surface area contributed by atoms with Crippen molar-refractivity contribution in [2.24, 2.45) is 0 Å². The van der Waals surface area contributed by atoms with Gasteiger partial charge in [0.2, 0.25) is 5.82 Å². The zero-order valence-corrected chi connectivity index (χ0v) is 15.0. The number of nitrogens with one attached hydrogen (secondary N) is 1. The van der Waals surface area contributed by atoms with Gasteiger partial charge >= 0.3 is 0 Å². The van der Waals surface area contributed by atoms with E-state index in [0.29, 0.717) is 12.1 Å². The third-order valence-electron chi connectivity index (χ3n) is 5.07. The topological polar surface area (TPSA) is 48.0 Å². The highest BCUT2D eigenvalue weighted by Gasteiger charge is 2.35. The lowest BCUT2D eigenvalue weighted by molar-refractivity contribution is -0.922. The van der Waals surface area contributed by atoms with E-state index in [4.69, 9.17) is 0 Å². The van der Waals surface area contributed by atoms with Crippen LogP contribution in [-0.2, 0) is 0 Å². The van der Waals surface area contributed by atoms with Crippen LogP contribution in [0, 0.1) is 0 Å². The molecule has 7 heteroatoms. The summed E-state index contributed by atoms with van der Waals surface area (Å²) in [5, 5.41) is 15.2. The summed E-state index contributed by atoms with van der Waals surface area (Å²) in [7, 11) is 0. The number of aromatic nitrogens is 4. The highest BCUT2D eigenvalue weighted by atomic mass is 32.2. The third kappa shape index (κ3) is 3.32. The molecule has 2 fully saturated rings. The van der Waals surface area contributed by atoms with E-state index in [0.717, 1.165) is 5.82 Å². The van der Waals surface area contributed by atoms with Crippen LogP contribution in [0.2, 0.25) is 0 Å². The Morgan fingerprint density at radius 3 is 2.74 bits per heavy atom. The number of nitrogens with zero attached hydrogens (tertiary/aromatic N) is 4. The van der Waals surface area contributed by atoms with Crippen LogP contribution in [0.15, 0.2) is 17.5 Å². The predicted octanol–water partition coefficient (Wildman–Crippen LogP) is 1.96. The van der Waals surface area contributed by atoms with Crippen molar-refractivity contribution in [3.05, 3.63) is 28.2 Å². The van der Waals surface area contributed by atoms with Crippen LogP contribution in [0.25, 0.3) is 0 Å². The van der Waals surface area contributed by atoms with Crippen molar-refractivity contribution in [3.63, 3.8) is 0 Å². The van der Waals surface area contributed by atoms with Gasteiger partial charge in [-0.3, -0.25) is 0 Å². The average Bonchev–Trinajstić information content (AvgIpc) is 3.30. The van der Waals surface area contributed by atoms with Gasteiger partial charge in [-0.05, 0) is 34.7 Å². The van der Waals surface area contributed by atoms with Gasteiger partial charge in [-0.25, -0.2) is 4.68 Å². The molecule has 4 rings (SSSR count). The first-order valence-corrected chi connectivity index (χ1v) is 10.7. The molecule has 2 aromatic heterocycles. The second-order valence-corrected chi connectivity index (χ2v) is 8.70. The van der Waals surface area contributed by atoms with Gasteiger partial charge in [-0.1, -0.05) is 25.3 Å².